The highest BCUT2D eigenvalue weighted by atomic mass is 19.4. The van der Waals surface area contributed by atoms with Crippen LogP contribution in [0.25, 0.3) is 11.0 Å². The van der Waals surface area contributed by atoms with E-state index in [1.165, 1.54) is 18.2 Å². The van der Waals surface area contributed by atoms with E-state index in [2.05, 4.69) is 4.74 Å². The lowest BCUT2D eigenvalue weighted by atomic mass is 10.1. The maximum Gasteiger partial charge on any atom is 0.453 e. The van der Waals surface area contributed by atoms with E-state index in [4.69, 9.17) is 13.9 Å². The molecule has 0 N–H and O–H groups in total. The molecule has 1 aromatic heterocycles. The number of methoxy groups -OCH3 is 1. The first-order valence-corrected chi connectivity index (χ1v) is 8.73. The lowest BCUT2D eigenvalue weighted by Crippen LogP contribution is -2.16. The Labute approximate surface area is 168 Å². The van der Waals surface area contributed by atoms with Crippen LogP contribution in [0.4, 0.5) is 13.2 Å². The predicted octanol–water partition coefficient (Wildman–Crippen LogP) is 4.77. The summed E-state index contributed by atoms with van der Waals surface area (Å²) >= 11 is 0. The number of aryl methyl sites for hydroxylation is 2. The fourth-order valence-electron chi connectivity index (χ4n) is 2.65. The molecule has 0 bridgehead atoms. The van der Waals surface area contributed by atoms with Crippen molar-refractivity contribution in [1.29, 1.82) is 0 Å². The Morgan fingerprint density at radius 3 is 2.50 bits per heavy atom. The molecule has 30 heavy (non-hydrogen) atoms. The summed E-state index contributed by atoms with van der Waals surface area (Å²) in [5.41, 5.74) is -0.0338. The maximum atomic E-state index is 13.6. The summed E-state index contributed by atoms with van der Waals surface area (Å²) < 4.78 is 60.9. The number of rotatable bonds is 5. The number of carbonyl (C=O) groups is 1. The standard InChI is InChI=1S/C21H17F3O6/c1-11-4-5-12(2)15(8-11)29-19-18(26)14-7-6-13(28-10-17(25)27-3)9-16(14)30-20(19)21(22,23)24/h4-9H,10H2,1-3H3. The van der Waals surface area contributed by atoms with Crippen molar-refractivity contribution in [2.75, 3.05) is 13.7 Å². The number of carbonyl (C=O) groups excluding carboxylic acids is 1. The first kappa shape index (κ1) is 21.2. The molecular formula is C21H17F3O6. The lowest BCUT2D eigenvalue weighted by Gasteiger charge is -2.15. The molecule has 0 unspecified atom stereocenters. The van der Waals surface area contributed by atoms with E-state index in [1.54, 1.807) is 26.0 Å². The van der Waals surface area contributed by atoms with Crippen molar-refractivity contribution in [3.05, 3.63) is 63.5 Å². The molecule has 0 aliphatic carbocycles. The normalized spacial score (nSPS) is 11.4. The minimum atomic E-state index is -4.98. The van der Waals surface area contributed by atoms with Crippen LogP contribution in [0.3, 0.4) is 0 Å². The van der Waals surface area contributed by atoms with E-state index in [-0.39, 0.29) is 22.5 Å². The third-order valence-electron chi connectivity index (χ3n) is 4.22. The summed E-state index contributed by atoms with van der Waals surface area (Å²) in [6, 6.07) is 8.64. The average molecular weight is 422 g/mol. The fraction of sp³-hybridized carbons (Fsp3) is 0.238. The van der Waals surface area contributed by atoms with Gasteiger partial charge in [-0.15, -0.1) is 0 Å². The molecule has 9 heteroatoms. The van der Waals surface area contributed by atoms with Gasteiger partial charge >= 0.3 is 12.1 Å². The van der Waals surface area contributed by atoms with Crippen LogP contribution in [-0.4, -0.2) is 19.7 Å². The van der Waals surface area contributed by atoms with Crippen molar-refractivity contribution >= 4 is 16.9 Å². The molecular weight excluding hydrogens is 405 g/mol. The van der Waals surface area contributed by atoms with Crippen LogP contribution in [-0.2, 0) is 15.7 Å². The summed E-state index contributed by atoms with van der Waals surface area (Å²) in [6.45, 7) is 2.94. The quantitative estimate of drug-likeness (QED) is 0.552. The smallest absolute Gasteiger partial charge is 0.453 e. The van der Waals surface area contributed by atoms with Gasteiger partial charge < -0.3 is 18.6 Å². The van der Waals surface area contributed by atoms with E-state index >= 15 is 0 Å². The second-order valence-electron chi connectivity index (χ2n) is 6.48. The average Bonchev–Trinajstić information content (AvgIpc) is 2.69. The molecule has 0 atom stereocenters. The maximum absolute atomic E-state index is 13.6. The van der Waals surface area contributed by atoms with Gasteiger partial charge in [0.25, 0.3) is 5.76 Å². The van der Waals surface area contributed by atoms with Crippen LogP contribution < -0.4 is 14.9 Å². The van der Waals surface area contributed by atoms with E-state index < -0.39 is 35.7 Å². The van der Waals surface area contributed by atoms with Gasteiger partial charge in [0.2, 0.25) is 11.2 Å². The van der Waals surface area contributed by atoms with Gasteiger partial charge in [0.05, 0.1) is 12.5 Å². The van der Waals surface area contributed by atoms with Crippen molar-refractivity contribution in [2.24, 2.45) is 0 Å². The number of esters is 1. The van der Waals surface area contributed by atoms with Gasteiger partial charge in [0.1, 0.15) is 17.1 Å². The van der Waals surface area contributed by atoms with Crippen molar-refractivity contribution in [3.63, 3.8) is 0 Å². The van der Waals surface area contributed by atoms with Crippen LogP contribution in [0.2, 0.25) is 0 Å². The van der Waals surface area contributed by atoms with Crippen LogP contribution in [0.15, 0.2) is 45.6 Å². The number of benzene rings is 2. The van der Waals surface area contributed by atoms with E-state index in [0.717, 1.165) is 18.7 Å². The third-order valence-corrected chi connectivity index (χ3v) is 4.22. The van der Waals surface area contributed by atoms with E-state index in [0.29, 0.717) is 5.56 Å². The molecule has 1 heterocycles. The molecule has 0 radical (unpaired) electrons. The highest BCUT2D eigenvalue weighted by Crippen LogP contribution is 2.39. The Morgan fingerprint density at radius 2 is 1.83 bits per heavy atom. The Hall–Kier alpha value is -3.49. The van der Waals surface area contributed by atoms with Gasteiger partial charge in [0, 0.05) is 6.07 Å². The lowest BCUT2D eigenvalue weighted by molar-refractivity contribution is -0.154. The topological polar surface area (TPSA) is 75.0 Å². The summed E-state index contributed by atoms with van der Waals surface area (Å²) in [5, 5.41) is -0.131. The highest BCUT2D eigenvalue weighted by Gasteiger charge is 2.40. The third kappa shape index (κ3) is 4.40. The Kier molecular flexibility index (Phi) is 5.73. The molecule has 0 aliphatic rings. The molecule has 6 nitrogen and oxygen atoms in total. The number of ether oxygens (including phenoxy) is 3. The number of alkyl halides is 3. The molecule has 0 spiro atoms. The summed E-state index contributed by atoms with van der Waals surface area (Å²) in [6.07, 6.45) is -4.98. The molecule has 0 amide bonds. The Bertz CT molecular complexity index is 1160. The van der Waals surface area contributed by atoms with Crippen LogP contribution in [0, 0.1) is 13.8 Å². The van der Waals surface area contributed by atoms with Gasteiger partial charge in [-0.05, 0) is 43.2 Å². The van der Waals surface area contributed by atoms with Crippen molar-refractivity contribution in [2.45, 2.75) is 20.0 Å². The Morgan fingerprint density at radius 1 is 1.10 bits per heavy atom. The molecule has 0 saturated carbocycles. The number of halogens is 3. The first-order valence-electron chi connectivity index (χ1n) is 8.73. The zero-order chi connectivity index (χ0) is 22.1. The minimum Gasteiger partial charge on any atom is -0.482 e. The van der Waals surface area contributed by atoms with Crippen molar-refractivity contribution in [3.8, 4) is 17.2 Å². The minimum absolute atomic E-state index is 0.0346. The second kappa shape index (κ2) is 8.10. The van der Waals surface area contributed by atoms with E-state index in [9.17, 15) is 22.8 Å². The first-order chi connectivity index (χ1) is 14.1. The molecule has 2 aromatic carbocycles. The molecule has 3 rings (SSSR count). The predicted molar refractivity (Wildman–Crippen MR) is 101 cm³/mol. The summed E-state index contributed by atoms with van der Waals surface area (Å²) in [7, 11) is 1.16. The van der Waals surface area contributed by atoms with Crippen molar-refractivity contribution < 1.29 is 36.6 Å². The SMILES string of the molecule is COC(=O)COc1ccc2c(=O)c(Oc3cc(C)ccc3C)c(C(F)(F)F)oc2c1. The Balaban J connectivity index is 2.12. The second-order valence-corrected chi connectivity index (χ2v) is 6.48. The number of fused-ring (bicyclic) bond motifs is 1. The number of hydrogen-bond acceptors (Lipinski definition) is 6. The zero-order valence-corrected chi connectivity index (χ0v) is 16.3. The number of hydrogen-bond donors (Lipinski definition) is 0. The summed E-state index contributed by atoms with van der Waals surface area (Å²) in [5.74, 6) is -3.04. The monoisotopic (exact) mass is 422 g/mol. The van der Waals surface area contributed by atoms with Crippen LogP contribution >= 0.6 is 0 Å². The fourth-order valence-corrected chi connectivity index (χ4v) is 2.65. The molecule has 0 saturated heterocycles. The zero-order valence-electron chi connectivity index (χ0n) is 16.3. The van der Waals surface area contributed by atoms with E-state index in [1.807, 2.05) is 0 Å². The summed E-state index contributed by atoms with van der Waals surface area (Å²) in [4.78, 5) is 24.0. The van der Waals surface area contributed by atoms with Gasteiger partial charge in [-0.25, -0.2) is 4.79 Å². The van der Waals surface area contributed by atoms with Crippen molar-refractivity contribution in [1.82, 2.24) is 0 Å². The van der Waals surface area contributed by atoms with Gasteiger partial charge in [0.15, 0.2) is 6.61 Å². The van der Waals surface area contributed by atoms with Gasteiger partial charge in [-0.2, -0.15) is 13.2 Å². The molecule has 0 fully saturated rings. The molecule has 0 aliphatic heterocycles. The molecule has 158 valence electrons. The molecule has 3 aromatic rings. The van der Waals surface area contributed by atoms with Gasteiger partial charge in [-0.1, -0.05) is 12.1 Å². The van der Waals surface area contributed by atoms with Crippen LogP contribution in [0.5, 0.6) is 17.2 Å². The highest BCUT2D eigenvalue weighted by molar-refractivity contribution is 5.80. The van der Waals surface area contributed by atoms with Gasteiger partial charge in [-0.3, -0.25) is 4.79 Å². The largest absolute Gasteiger partial charge is 0.482 e. The van der Waals surface area contributed by atoms with Crippen LogP contribution in [0.1, 0.15) is 16.9 Å².